The molecule has 2 aromatic carbocycles. The van der Waals surface area contributed by atoms with E-state index in [0.717, 1.165) is 12.8 Å². The molecule has 1 saturated carbocycles. The van der Waals surface area contributed by atoms with Crippen LogP contribution in [-0.2, 0) is 4.79 Å². The van der Waals surface area contributed by atoms with Crippen molar-refractivity contribution in [1.29, 1.82) is 0 Å². The number of benzene rings is 2. The molecule has 1 aliphatic rings. The summed E-state index contributed by atoms with van der Waals surface area (Å²) in [4.78, 5) is 25.2. The Bertz CT molecular complexity index is 1270. The van der Waals surface area contributed by atoms with Gasteiger partial charge in [0.1, 0.15) is 11.4 Å². The summed E-state index contributed by atoms with van der Waals surface area (Å²) < 4.78 is 16.7. The van der Waals surface area contributed by atoms with Gasteiger partial charge in [-0.15, -0.1) is 0 Å². The van der Waals surface area contributed by atoms with Gasteiger partial charge in [0.2, 0.25) is 5.91 Å². The van der Waals surface area contributed by atoms with Crippen molar-refractivity contribution in [1.82, 2.24) is 14.3 Å². The Labute approximate surface area is 183 Å². The lowest BCUT2D eigenvalue weighted by Crippen LogP contribution is -2.16. The fraction of sp³-hybridized carbons (Fsp3) is 0.125. The standard InChI is InChI=1S/C24H20FN5O2/c25-17-8-10-20(11-9-17)30-24(29-12-1-2-13-29)21(15-26-30)23(32)28-19-5-3-4-18(14-19)27-22(31)16-6-7-16/h1-5,8-16H,6-7H2,(H,27,31)(H,28,32). The van der Waals surface area contributed by atoms with E-state index in [-0.39, 0.29) is 23.5 Å². The first-order valence-corrected chi connectivity index (χ1v) is 10.3. The number of rotatable bonds is 6. The fourth-order valence-electron chi connectivity index (χ4n) is 3.46. The van der Waals surface area contributed by atoms with Crippen LogP contribution in [0.1, 0.15) is 23.2 Å². The van der Waals surface area contributed by atoms with Crippen LogP contribution in [0.3, 0.4) is 0 Å². The van der Waals surface area contributed by atoms with E-state index < -0.39 is 0 Å². The molecular formula is C24H20FN5O2. The number of nitrogens with zero attached hydrogens (tertiary/aromatic N) is 3. The summed E-state index contributed by atoms with van der Waals surface area (Å²) >= 11 is 0. The average molecular weight is 429 g/mol. The molecule has 5 rings (SSSR count). The largest absolute Gasteiger partial charge is 0.326 e. The third-order valence-electron chi connectivity index (χ3n) is 5.24. The average Bonchev–Trinajstić information content (AvgIpc) is 3.32. The Hall–Kier alpha value is -4.20. The van der Waals surface area contributed by atoms with Crippen molar-refractivity contribution in [2.45, 2.75) is 12.8 Å². The van der Waals surface area contributed by atoms with Gasteiger partial charge in [-0.2, -0.15) is 5.10 Å². The van der Waals surface area contributed by atoms with Gasteiger partial charge in [0.05, 0.1) is 11.9 Å². The van der Waals surface area contributed by atoms with E-state index in [4.69, 9.17) is 0 Å². The maximum atomic E-state index is 13.4. The number of nitrogens with one attached hydrogen (secondary N) is 2. The second kappa shape index (κ2) is 8.14. The van der Waals surface area contributed by atoms with Crippen LogP contribution in [0.25, 0.3) is 11.5 Å². The molecule has 32 heavy (non-hydrogen) atoms. The molecule has 0 bridgehead atoms. The SMILES string of the molecule is O=C(Nc1cccc(NC(=O)C2CC2)c1)c1cnn(-c2ccc(F)cc2)c1-n1cccc1. The molecule has 8 heteroatoms. The summed E-state index contributed by atoms with van der Waals surface area (Å²) in [5.74, 6) is -0.0845. The molecule has 1 aliphatic carbocycles. The first-order valence-electron chi connectivity index (χ1n) is 10.3. The summed E-state index contributed by atoms with van der Waals surface area (Å²) in [6, 6.07) is 16.6. The summed E-state index contributed by atoms with van der Waals surface area (Å²) in [6.45, 7) is 0. The fourth-order valence-corrected chi connectivity index (χ4v) is 3.46. The molecule has 0 aliphatic heterocycles. The third-order valence-corrected chi connectivity index (χ3v) is 5.24. The summed E-state index contributed by atoms with van der Waals surface area (Å²) in [5, 5.41) is 10.1. The summed E-state index contributed by atoms with van der Waals surface area (Å²) in [7, 11) is 0. The number of halogens is 1. The van der Waals surface area contributed by atoms with E-state index in [2.05, 4.69) is 15.7 Å². The number of aromatic nitrogens is 3. The normalized spacial score (nSPS) is 13.0. The quantitative estimate of drug-likeness (QED) is 0.477. The molecule has 0 spiro atoms. The predicted octanol–water partition coefficient (Wildman–Crippen LogP) is 4.40. The molecule has 4 aromatic rings. The molecule has 1 fully saturated rings. The van der Waals surface area contributed by atoms with Gasteiger partial charge in [-0.1, -0.05) is 6.07 Å². The lowest BCUT2D eigenvalue weighted by Gasteiger charge is -2.12. The van der Waals surface area contributed by atoms with Gasteiger partial charge in [0.25, 0.3) is 5.91 Å². The maximum Gasteiger partial charge on any atom is 0.261 e. The van der Waals surface area contributed by atoms with Gasteiger partial charge in [-0.25, -0.2) is 9.07 Å². The molecule has 2 aromatic heterocycles. The van der Waals surface area contributed by atoms with Crippen LogP contribution in [0, 0.1) is 11.7 Å². The third kappa shape index (κ3) is 4.02. The lowest BCUT2D eigenvalue weighted by atomic mass is 10.2. The molecule has 2 amide bonds. The van der Waals surface area contributed by atoms with Crippen LogP contribution in [0.5, 0.6) is 0 Å². The molecular weight excluding hydrogens is 409 g/mol. The number of hydrogen-bond acceptors (Lipinski definition) is 3. The van der Waals surface area contributed by atoms with E-state index in [1.54, 1.807) is 45.6 Å². The predicted molar refractivity (Wildman–Crippen MR) is 119 cm³/mol. The minimum Gasteiger partial charge on any atom is -0.326 e. The highest BCUT2D eigenvalue weighted by Gasteiger charge is 2.29. The first kappa shape index (κ1) is 19.7. The van der Waals surface area contributed by atoms with Crippen molar-refractivity contribution in [3.05, 3.63) is 90.6 Å². The zero-order valence-corrected chi connectivity index (χ0v) is 17.0. The van der Waals surface area contributed by atoms with E-state index in [1.165, 1.54) is 18.3 Å². The van der Waals surface area contributed by atoms with Crippen molar-refractivity contribution in [2.75, 3.05) is 10.6 Å². The second-order valence-electron chi connectivity index (χ2n) is 7.66. The second-order valence-corrected chi connectivity index (χ2v) is 7.66. The lowest BCUT2D eigenvalue weighted by molar-refractivity contribution is -0.117. The minimum atomic E-state index is -0.354. The van der Waals surface area contributed by atoms with Gasteiger partial charge in [0, 0.05) is 29.7 Å². The Balaban J connectivity index is 1.44. The maximum absolute atomic E-state index is 13.4. The number of carbonyl (C=O) groups excluding carboxylic acids is 2. The Kier molecular flexibility index (Phi) is 5.03. The van der Waals surface area contributed by atoms with Crippen LogP contribution in [-0.4, -0.2) is 26.2 Å². The summed E-state index contributed by atoms with van der Waals surface area (Å²) in [5.41, 5.74) is 2.15. The Morgan fingerprint density at radius 3 is 2.31 bits per heavy atom. The topological polar surface area (TPSA) is 81.0 Å². The summed E-state index contributed by atoms with van der Waals surface area (Å²) in [6.07, 6.45) is 6.93. The van der Waals surface area contributed by atoms with Crippen molar-refractivity contribution in [3.8, 4) is 11.5 Å². The van der Waals surface area contributed by atoms with Gasteiger partial charge in [0.15, 0.2) is 5.82 Å². The smallest absolute Gasteiger partial charge is 0.261 e. The number of carbonyl (C=O) groups is 2. The van der Waals surface area contributed by atoms with Gasteiger partial charge < -0.3 is 15.2 Å². The van der Waals surface area contributed by atoms with Crippen molar-refractivity contribution in [3.63, 3.8) is 0 Å². The minimum absolute atomic E-state index is 0.00365. The number of amides is 2. The van der Waals surface area contributed by atoms with Crippen LogP contribution in [0.4, 0.5) is 15.8 Å². The van der Waals surface area contributed by atoms with Crippen LogP contribution in [0.2, 0.25) is 0 Å². The highest BCUT2D eigenvalue weighted by molar-refractivity contribution is 6.07. The zero-order valence-electron chi connectivity index (χ0n) is 17.0. The molecule has 2 heterocycles. The van der Waals surface area contributed by atoms with E-state index in [0.29, 0.717) is 28.4 Å². The van der Waals surface area contributed by atoms with E-state index in [9.17, 15) is 14.0 Å². The van der Waals surface area contributed by atoms with Gasteiger partial charge in [-0.3, -0.25) is 9.59 Å². The van der Waals surface area contributed by atoms with Crippen LogP contribution in [0.15, 0.2) is 79.3 Å². The highest BCUT2D eigenvalue weighted by Crippen LogP contribution is 2.30. The van der Waals surface area contributed by atoms with Crippen LogP contribution >= 0.6 is 0 Å². The molecule has 0 unspecified atom stereocenters. The monoisotopic (exact) mass is 429 g/mol. The molecule has 160 valence electrons. The van der Waals surface area contributed by atoms with Crippen molar-refractivity contribution >= 4 is 23.2 Å². The van der Waals surface area contributed by atoms with Crippen molar-refractivity contribution in [2.24, 2.45) is 5.92 Å². The van der Waals surface area contributed by atoms with Crippen LogP contribution < -0.4 is 10.6 Å². The molecule has 2 N–H and O–H groups in total. The van der Waals surface area contributed by atoms with E-state index >= 15 is 0 Å². The molecule has 0 radical (unpaired) electrons. The Morgan fingerprint density at radius 1 is 0.938 bits per heavy atom. The van der Waals surface area contributed by atoms with Gasteiger partial charge in [-0.05, 0) is 67.4 Å². The first-order chi connectivity index (χ1) is 15.6. The molecule has 0 saturated heterocycles. The Morgan fingerprint density at radius 2 is 1.62 bits per heavy atom. The number of hydrogen-bond donors (Lipinski definition) is 2. The van der Waals surface area contributed by atoms with Gasteiger partial charge >= 0.3 is 0 Å². The van der Waals surface area contributed by atoms with Crippen molar-refractivity contribution < 1.29 is 14.0 Å². The molecule has 0 atom stereocenters. The molecule has 7 nitrogen and oxygen atoms in total. The van der Waals surface area contributed by atoms with E-state index in [1.807, 2.05) is 24.5 Å². The number of anilines is 2. The zero-order chi connectivity index (χ0) is 22.1. The highest BCUT2D eigenvalue weighted by atomic mass is 19.1.